The van der Waals surface area contributed by atoms with Gasteiger partial charge in [-0.15, -0.1) is 0 Å². The van der Waals surface area contributed by atoms with Crippen molar-refractivity contribution >= 4 is 17.5 Å². The zero-order valence-electron chi connectivity index (χ0n) is 18.9. The fourth-order valence-electron chi connectivity index (χ4n) is 3.34. The summed E-state index contributed by atoms with van der Waals surface area (Å²) in [6.45, 7) is 6.45. The molecule has 0 heterocycles. The Morgan fingerprint density at radius 3 is 2.34 bits per heavy atom. The van der Waals surface area contributed by atoms with Crippen LogP contribution in [0, 0.1) is 13.8 Å². The summed E-state index contributed by atoms with van der Waals surface area (Å²) in [6, 6.07) is 22.8. The van der Waals surface area contributed by atoms with Crippen molar-refractivity contribution in [2.45, 2.75) is 39.7 Å². The molecule has 0 saturated carbocycles. The van der Waals surface area contributed by atoms with E-state index in [4.69, 9.17) is 4.74 Å². The quantitative estimate of drug-likeness (QED) is 0.498. The number of anilines is 1. The lowest BCUT2D eigenvalue weighted by atomic mass is 10.1. The second kappa shape index (κ2) is 11.1. The minimum Gasteiger partial charge on any atom is -0.481 e. The highest BCUT2D eigenvalue weighted by Gasteiger charge is 2.21. The molecule has 0 spiro atoms. The summed E-state index contributed by atoms with van der Waals surface area (Å²) in [7, 11) is 0. The van der Waals surface area contributed by atoms with Gasteiger partial charge in [-0.3, -0.25) is 9.59 Å². The summed E-state index contributed by atoms with van der Waals surface area (Å²) in [5.74, 6) is 0.150. The van der Waals surface area contributed by atoms with Gasteiger partial charge in [0.15, 0.2) is 6.10 Å². The van der Waals surface area contributed by atoms with Gasteiger partial charge in [-0.05, 0) is 67.6 Å². The molecule has 2 N–H and O–H groups in total. The standard InChI is InChI=1S/C27H30N2O3/c1-4-25(32-22-15-14-19(2)20(3)18-22)27(31)29-24-13-9-8-12-23(24)26(30)28-17-16-21-10-6-5-7-11-21/h5-15,18,25H,4,16-17H2,1-3H3,(H,28,30)(H,29,31)/t25-/m0/s1. The Kier molecular flexibility index (Phi) is 8.03. The molecule has 0 aliphatic heterocycles. The van der Waals surface area contributed by atoms with Crippen molar-refractivity contribution in [1.29, 1.82) is 0 Å². The number of rotatable bonds is 9. The highest BCUT2D eigenvalue weighted by atomic mass is 16.5. The van der Waals surface area contributed by atoms with E-state index in [1.807, 2.05) is 69.3 Å². The van der Waals surface area contributed by atoms with Crippen molar-refractivity contribution < 1.29 is 14.3 Å². The van der Waals surface area contributed by atoms with Crippen LogP contribution in [0.4, 0.5) is 5.69 Å². The first-order valence-corrected chi connectivity index (χ1v) is 10.9. The number of ether oxygens (including phenoxy) is 1. The molecule has 0 aromatic heterocycles. The highest BCUT2D eigenvalue weighted by Crippen LogP contribution is 2.20. The zero-order valence-corrected chi connectivity index (χ0v) is 18.9. The first-order valence-electron chi connectivity index (χ1n) is 10.9. The fourth-order valence-corrected chi connectivity index (χ4v) is 3.34. The average Bonchev–Trinajstić information content (AvgIpc) is 2.80. The Labute approximate surface area is 189 Å². The van der Waals surface area contributed by atoms with Crippen LogP contribution in [0.3, 0.4) is 0 Å². The molecule has 2 amide bonds. The first-order chi connectivity index (χ1) is 15.5. The van der Waals surface area contributed by atoms with Crippen LogP contribution in [-0.2, 0) is 11.2 Å². The molecule has 5 nitrogen and oxygen atoms in total. The Morgan fingerprint density at radius 2 is 1.62 bits per heavy atom. The SMILES string of the molecule is CC[C@H](Oc1ccc(C)c(C)c1)C(=O)Nc1ccccc1C(=O)NCCc1ccccc1. The number of carbonyl (C=O) groups is 2. The summed E-state index contributed by atoms with van der Waals surface area (Å²) in [6.07, 6.45) is 0.582. The maximum atomic E-state index is 12.9. The molecule has 0 fully saturated rings. The second-order valence-corrected chi connectivity index (χ2v) is 7.79. The Bertz CT molecular complexity index is 1060. The van der Waals surface area contributed by atoms with Gasteiger partial charge in [0.25, 0.3) is 11.8 Å². The minimum atomic E-state index is -0.661. The third kappa shape index (κ3) is 6.20. The Balaban J connectivity index is 1.63. The number of nitrogens with one attached hydrogen (secondary N) is 2. The van der Waals surface area contributed by atoms with Crippen LogP contribution in [0.5, 0.6) is 5.75 Å². The van der Waals surface area contributed by atoms with Crippen LogP contribution in [0.2, 0.25) is 0 Å². The zero-order chi connectivity index (χ0) is 22.9. The van der Waals surface area contributed by atoms with Crippen molar-refractivity contribution in [3.63, 3.8) is 0 Å². The van der Waals surface area contributed by atoms with Crippen LogP contribution < -0.4 is 15.4 Å². The number of hydrogen-bond acceptors (Lipinski definition) is 3. The van der Waals surface area contributed by atoms with Crippen LogP contribution in [0.25, 0.3) is 0 Å². The fraction of sp³-hybridized carbons (Fsp3) is 0.259. The normalized spacial score (nSPS) is 11.5. The van der Waals surface area contributed by atoms with E-state index in [0.717, 1.165) is 17.5 Å². The molecule has 0 saturated heterocycles. The predicted molar refractivity (Wildman–Crippen MR) is 128 cm³/mol. The number of hydrogen-bond donors (Lipinski definition) is 2. The van der Waals surface area contributed by atoms with Crippen molar-refractivity contribution in [2.75, 3.05) is 11.9 Å². The molecule has 0 unspecified atom stereocenters. The highest BCUT2D eigenvalue weighted by molar-refractivity contribution is 6.04. The van der Waals surface area contributed by atoms with E-state index in [0.29, 0.717) is 30.0 Å². The van der Waals surface area contributed by atoms with Crippen LogP contribution in [0.1, 0.15) is 40.4 Å². The molecule has 3 rings (SSSR count). The molecular formula is C27H30N2O3. The minimum absolute atomic E-state index is 0.222. The van der Waals surface area contributed by atoms with Crippen LogP contribution >= 0.6 is 0 Å². The lowest BCUT2D eigenvalue weighted by Gasteiger charge is -2.19. The molecule has 3 aromatic rings. The number of benzene rings is 3. The third-order valence-corrected chi connectivity index (χ3v) is 5.39. The number of carbonyl (C=O) groups excluding carboxylic acids is 2. The van der Waals surface area contributed by atoms with Crippen molar-refractivity contribution in [3.8, 4) is 5.75 Å². The van der Waals surface area contributed by atoms with E-state index in [2.05, 4.69) is 10.6 Å². The topological polar surface area (TPSA) is 67.4 Å². The predicted octanol–water partition coefficient (Wildman–Crippen LogP) is 5.07. The molecule has 0 aliphatic rings. The molecule has 0 aliphatic carbocycles. The summed E-state index contributed by atoms with van der Waals surface area (Å²) in [4.78, 5) is 25.6. The van der Waals surface area contributed by atoms with Crippen molar-refractivity contribution in [3.05, 3.63) is 95.1 Å². The number of aryl methyl sites for hydroxylation is 2. The van der Waals surface area contributed by atoms with E-state index < -0.39 is 6.10 Å². The molecule has 166 valence electrons. The average molecular weight is 431 g/mol. The summed E-state index contributed by atoms with van der Waals surface area (Å²) in [5.41, 5.74) is 4.33. The number of amides is 2. The van der Waals surface area contributed by atoms with E-state index in [1.54, 1.807) is 24.3 Å². The number of para-hydroxylation sites is 1. The van der Waals surface area contributed by atoms with Gasteiger partial charge < -0.3 is 15.4 Å². The van der Waals surface area contributed by atoms with Gasteiger partial charge in [-0.2, -0.15) is 0 Å². The lowest BCUT2D eigenvalue weighted by molar-refractivity contribution is -0.122. The van der Waals surface area contributed by atoms with E-state index >= 15 is 0 Å². The van der Waals surface area contributed by atoms with E-state index in [-0.39, 0.29) is 11.8 Å². The van der Waals surface area contributed by atoms with Gasteiger partial charge >= 0.3 is 0 Å². The largest absolute Gasteiger partial charge is 0.481 e. The maximum Gasteiger partial charge on any atom is 0.265 e. The monoisotopic (exact) mass is 430 g/mol. The van der Waals surface area contributed by atoms with E-state index in [1.165, 1.54) is 5.56 Å². The van der Waals surface area contributed by atoms with Gasteiger partial charge in [-0.25, -0.2) is 0 Å². The van der Waals surface area contributed by atoms with Crippen LogP contribution in [-0.4, -0.2) is 24.5 Å². The van der Waals surface area contributed by atoms with Crippen LogP contribution in [0.15, 0.2) is 72.8 Å². The summed E-state index contributed by atoms with van der Waals surface area (Å²) in [5, 5.41) is 5.81. The van der Waals surface area contributed by atoms with Gasteiger partial charge in [-0.1, -0.05) is 55.5 Å². The molecule has 32 heavy (non-hydrogen) atoms. The van der Waals surface area contributed by atoms with Gasteiger partial charge in [0, 0.05) is 6.54 Å². The van der Waals surface area contributed by atoms with Gasteiger partial charge in [0.1, 0.15) is 5.75 Å². The smallest absolute Gasteiger partial charge is 0.265 e. The van der Waals surface area contributed by atoms with E-state index in [9.17, 15) is 9.59 Å². The Hall–Kier alpha value is -3.60. The van der Waals surface area contributed by atoms with Crippen molar-refractivity contribution in [2.24, 2.45) is 0 Å². The van der Waals surface area contributed by atoms with Gasteiger partial charge in [0.05, 0.1) is 11.3 Å². The Morgan fingerprint density at radius 1 is 0.906 bits per heavy atom. The molecule has 0 bridgehead atoms. The summed E-state index contributed by atoms with van der Waals surface area (Å²) >= 11 is 0. The third-order valence-electron chi connectivity index (χ3n) is 5.39. The summed E-state index contributed by atoms with van der Waals surface area (Å²) < 4.78 is 5.94. The molecule has 0 radical (unpaired) electrons. The second-order valence-electron chi connectivity index (χ2n) is 7.79. The van der Waals surface area contributed by atoms with Crippen molar-refractivity contribution in [1.82, 2.24) is 5.32 Å². The maximum absolute atomic E-state index is 12.9. The molecule has 5 heteroatoms. The molecule has 3 aromatic carbocycles. The van der Waals surface area contributed by atoms with Gasteiger partial charge in [0.2, 0.25) is 0 Å². The molecular weight excluding hydrogens is 400 g/mol. The molecule has 1 atom stereocenters. The first kappa shape index (κ1) is 23.1. The lowest BCUT2D eigenvalue weighted by Crippen LogP contribution is -2.33.